The van der Waals surface area contributed by atoms with Gasteiger partial charge in [0.25, 0.3) is 0 Å². The Morgan fingerprint density at radius 3 is 2.41 bits per heavy atom. The summed E-state index contributed by atoms with van der Waals surface area (Å²) in [7, 11) is 2.18. The molecule has 1 saturated carbocycles. The normalized spacial score (nSPS) is 24.5. The Morgan fingerprint density at radius 2 is 1.94 bits per heavy atom. The molecule has 0 radical (unpaired) electrons. The summed E-state index contributed by atoms with van der Waals surface area (Å²) in [5.74, 6) is 1.82. The minimum atomic E-state index is 0.179. The Kier molecular flexibility index (Phi) is 3.72. The quantitative estimate of drug-likeness (QED) is 0.844. The van der Waals surface area contributed by atoms with Gasteiger partial charge in [-0.2, -0.15) is 0 Å². The van der Waals surface area contributed by atoms with E-state index in [9.17, 15) is 0 Å². The van der Waals surface area contributed by atoms with E-state index in [1.54, 1.807) is 0 Å². The Morgan fingerprint density at radius 1 is 1.35 bits per heavy atom. The molecule has 1 aliphatic carbocycles. The second-order valence-electron chi connectivity index (χ2n) is 5.46. The van der Waals surface area contributed by atoms with Crippen molar-refractivity contribution < 1.29 is 0 Å². The first-order valence-electron chi connectivity index (χ1n) is 6.68. The van der Waals surface area contributed by atoms with Crippen molar-refractivity contribution in [2.45, 2.75) is 32.7 Å². The number of hydrogen-bond donors (Lipinski definition) is 1. The van der Waals surface area contributed by atoms with Crippen LogP contribution in [0.5, 0.6) is 0 Å². The molecule has 94 valence electrons. The molecule has 0 saturated heterocycles. The third-order valence-electron chi connectivity index (χ3n) is 3.99. The summed E-state index contributed by atoms with van der Waals surface area (Å²) in [5, 5.41) is 0. The number of anilines is 1. The van der Waals surface area contributed by atoms with Crippen molar-refractivity contribution in [1.29, 1.82) is 0 Å². The predicted molar refractivity (Wildman–Crippen MR) is 74.2 cm³/mol. The maximum atomic E-state index is 6.02. The molecule has 3 atom stereocenters. The van der Waals surface area contributed by atoms with Crippen LogP contribution in [0, 0.1) is 11.8 Å². The molecule has 1 aromatic carbocycles. The second kappa shape index (κ2) is 5.09. The van der Waals surface area contributed by atoms with Gasteiger partial charge in [-0.15, -0.1) is 0 Å². The van der Waals surface area contributed by atoms with Crippen LogP contribution in [0.1, 0.15) is 38.3 Å². The fourth-order valence-electron chi connectivity index (χ4n) is 2.32. The summed E-state index contributed by atoms with van der Waals surface area (Å²) in [4.78, 5) is 2.36. The van der Waals surface area contributed by atoms with Gasteiger partial charge in [-0.3, -0.25) is 0 Å². The lowest BCUT2D eigenvalue weighted by Gasteiger charge is -2.20. The average molecular weight is 232 g/mol. The highest BCUT2D eigenvalue weighted by atomic mass is 15.1. The van der Waals surface area contributed by atoms with Crippen LogP contribution in [0.2, 0.25) is 0 Å². The van der Waals surface area contributed by atoms with Crippen LogP contribution < -0.4 is 10.6 Å². The molecule has 17 heavy (non-hydrogen) atoms. The number of nitrogens with two attached hydrogens (primary N) is 1. The van der Waals surface area contributed by atoms with E-state index < -0.39 is 0 Å². The number of rotatable bonds is 5. The highest BCUT2D eigenvalue weighted by Crippen LogP contribution is 2.38. The molecule has 2 unspecified atom stereocenters. The topological polar surface area (TPSA) is 29.3 Å². The Bertz CT molecular complexity index is 358. The summed E-state index contributed by atoms with van der Waals surface area (Å²) < 4.78 is 0. The molecule has 2 heteroatoms. The maximum Gasteiger partial charge on any atom is 0.0363 e. The van der Waals surface area contributed by atoms with Crippen molar-refractivity contribution in [3.63, 3.8) is 0 Å². The molecule has 0 heterocycles. The fourth-order valence-corrected chi connectivity index (χ4v) is 2.32. The van der Waals surface area contributed by atoms with E-state index in [2.05, 4.69) is 50.1 Å². The molecule has 2 nitrogen and oxygen atoms in total. The monoisotopic (exact) mass is 232 g/mol. The van der Waals surface area contributed by atoms with Crippen molar-refractivity contribution in [3.8, 4) is 0 Å². The summed E-state index contributed by atoms with van der Waals surface area (Å²) >= 11 is 0. The van der Waals surface area contributed by atoms with Crippen molar-refractivity contribution in [3.05, 3.63) is 29.8 Å². The first kappa shape index (κ1) is 12.4. The van der Waals surface area contributed by atoms with Gasteiger partial charge in [-0.05, 0) is 42.4 Å². The molecule has 1 aliphatic rings. The molecular formula is C15H24N2. The lowest BCUT2D eigenvalue weighted by atomic mass is 10.1. The molecule has 1 aromatic rings. The highest BCUT2D eigenvalue weighted by molar-refractivity contribution is 5.47. The van der Waals surface area contributed by atoms with Crippen LogP contribution in [-0.4, -0.2) is 13.6 Å². The molecule has 0 aromatic heterocycles. The summed E-state index contributed by atoms with van der Waals surface area (Å²) in [6.45, 7) is 5.64. The van der Waals surface area contributed by atoms with Crippen LogP contribution >= 0.6 is 0 Å². The zero-order valence-electron chi connectivity index (χ0n) is 11.2. The van der Waals surface area contributed by atoms with Gasteiger partial charge in [0, 0.05) is 25.3 Å². The SMILES string of the molecule is CC[C@H](N)c1ccc(N(C)CC2CC2C)cc1. The first-order valence-corrected chi connectivity index (χ1v) is 6.68. The van der Waals surface area contributed by atoms with Crippen molar-refractivity contribution in [2.75, 3.05) is 18.5 Å². The van der Waals surface area contributed by atoms with Gasteiger partial charge < -0.3 is 10.6 Å². The van der Waals surface area contributed by atoms with E-state index in [1.807, 2.05) is 0 Å². The lowest BCUT2D eigenvalue weighted by Crippen LogP contribution is -2.20. The zero-order chi connectivity index (χ0) is 12.4. The van der Waals surface area contributed by atoms with Gasteiger partial charge in [0.15, 0.2) is 0 Å². The van der Waals surface area contributed by atoms with Crippen molar-refractivity contribution in [1.82, 2.24) is 0 Å². The molecule has 0 spiro atoms. The van der Waals surface area contributed by atoms with Crippen molar-refractivity contribution in [2.24, 2.45) is 17.6 Å². The predicted octanol–water partition coefficient (Wildman–Crippen LogP) is 3.19. The van der Waals surface area contributed by atoms with E-state index in [0.29, 0.717) is 0 Å². The third kappa shape index (κ3) is 3.01. The van der Waals surface area contributed by atoms with Gasteiger partial charge >= 0.3 is 0 Å². The second-order valence-corrected chi connectivity index (χ2v) is 5.46. The van der Waals surface area contributed by atoms with E-state index in [0.717, 1.165) is 18.3 Å². The van der Waals surface area contributed by atoms with Gasteiger partial charge in [0.05, 0.1) is 0 Å². The van der Waals surface area contributed by atoms with E-state index >= 15 is 0 Å². The molecule has 1 fully saturated rings. The smallest absolute Gasteiger partial charge is 0.0363 e. The Balaban J connectivity index is 1.96. The van der Waals surface area contributed by atoms with Gasteiger partial charge in [0.1, 0.15) is 0 Å². The molecule has 0 aliphatic heterocycles. The third-order valence-corrected chi connectivity index (χ3v) is 3.99. The number of nitrogens with zero attached hydrogens (tertiary/aromatic N) is 1. The highest BCUT2D eigenvalue weighted by Gasteiger charge is 2.33. The molecular weight excluding hydrogens is 208 g/mol. The molecule has 2 N–H and O–H groups in total. The molecule has 0 amide bonds. The van der Waals surface area contributed by atoms with Crippen LogP contribution in [0.3, 0.4) is 0 Å². The fraction of sp³-hybridized carbons (Fsp3) is 0.600. The van der Waals surface area contributed by atoms with Crippen molar-refractivity contribution >= 4 is 5.69 Å². The lowest BCUT2D eigenvalue weighted by molar-refractivity contribution is 0.697. The van der Waals surface area contributed by atoms with E-state index in [1.165, 1.54) is 24.2 Å². The standard InChI is InChI=1S/C15H24N2/c1-4-15(16)12-5-7-14(8-6-12)17(3)10-13-9-11(13)2/h5-8,11,13,15H,4,9-10,16H2,1-3H3/t11?,13?,15-/m0/s1. The van der Waals surface area contributed by atoms with Gasteiger partial charge in [-0.25, -0.2) is 0 Å². The first-order chi connectivity index (χ1) is 8.11. The number of benzene rings is 1. The van der Waals surface area contributed by atoms with E-state index in [-0.39, 0.29) is 6.04 Å². The van der Waals surface area contributed by atoms with E-state index in [4.69, 9.17) is 5.73 Å². The van der Waals surface area contributed by atoms with Crippen LogP contribution in [0.25, 0.3) is 0 Å². The maximum absolute atomic E-state index is 6.02. The summed E-state index contributed by atoms with van der Waals surface area (Å²) in [6.07, 6.45) is 2.39. The van der Waals surface area contributed by atoms with Gasteiger partial charge in [0.2, 0.25) is 0 Å². The minimum absolute atomic E-state index is 0.179. The van der Waals surface area contributed by atoms with Crippen LogP contribution in [-0.2, 0) is 0 Å². The average Bonchev–Trinajstić information content (AvgIpc) is 3.04. The molecule has 2 rings (SSSR count). The largest absolute Gasteiger partial charge is 0.374 e. The zero-order valence-corrected chi connectivity index (χ0v) is 11.2. The Labute approximate surface area is 105 Å². The summed E-state index contributed by atoms with van der Waals surface area (Å²) in [5.41, 5.74) is 8.56. The van der Waals surface area contributed by atoms with Crippen LogP contribution in [0.4, 0.5) is 5.69 Å². The van der Waals surface area contributed by atoms with Crippen LogP contribution in [0.15, 0.2) is 24.3 Å². The Hall–Kier alpha value is -1.02. The molecule has 0 bridgehead atoms. The number of hydrogen-bond acceptors (Lipinski definition) is 2. The minimum Gasteiger partial charge on any atom is -0.374 e. The summed E-state index contributed by atoms with van der Waals surface area (Å²) in [6, 6.07) is 8.89. The van der Waals surface area contributed by atoms with Gasteiger partial charge in [-0.1, -0.05) is 26.0 Å².